The highest BCUT2D eigenvalue weighted by atomic mass is 16.5. The van der Waals surface area contributed by atoms with E-state index in [1.807, 2.05) is 0 Å². The maximum absolute atomic E-state index is 10.3. The standard InChI is InChI=1S/C8H16N2O2/c9-8(11)3-5-12-6-7-2-1-4-10-7/h7,10H,1-6H2,(H2,9,11). The van der Waals surface area contributed by atoms with Gasteiger partial charge in [0.2, 0.25) is 5.91 Å². The maximum Gasteiger partial charge on any atom is 0.219 e. The Labute approximate surface area is 72.5 Å². The Morgan fingerprint density at radius 3 is 3.08 bits per heavy atom. The van der Waals surface area contributed by atoms with E-state index in [0.717, 1.165) is 6.54 Å². The summed E-state index contributed by atoms with van der Waals surface area (Å²) in [6, 6.07) is 0.484. The van der Waals surface area contributed by atoms with E-state index in [9.17, 15) is 4.79 Å². The molecule has 0 radical (unpaired) electrons. The normalized spacial score (nSPS) is 22.8. The second-order valence-corrected chi connectivity index (χ2v) is 3.08. The molecule has 12 heavy (non-hydrogen) atoms. The van der Waals surface area contributed by atoms with Crippen LogP contribution in [0.1, 0.15) is 19.3 Å². The zero-order chi connectivity index (χ0) is 8.81. The second-order valence-electron chi connectivity index (χ2n) is 3.08. The molecule has 0 aromatic carbocycles. The van der Waals surface area contributed by atoms with Crippen molar-refractivity contribution in [3.63, 3.8) is 0 Å². The smallest absolute Gasteiger partial charge is 0.219 e. The molecule has 0 aromatic rings. The SMILES string of the molecule is NC(=O)CCOCC1CCCN1. The number of amides is 1. The Bertz CT molecular complexity index is 144. The van der Waals surface area contributed by atoms with Crippen molar-refractivity contribution in [3.8, 4) is 0 Å². The van der Waals surface area contributed by atoms with E-state index in [4.69, 9.17) is 10.5 Å². The van der Waals surface area contributed by atoms with Crippen LogP contribution >= 0.6 is 0 Å². The first-order valence-corrected chi connectivity index (χ1v) is 4.38. The molecule has 0 spiro atoms. The summed E-state index contributed by atoms with van der Waals surface area (Å²) < 4.78 is 5.27. The molecular formula is C8H16N2O2. The number of primary amides is 1. The first-order chi connectivity index (χ1) is 5.79. The molecule has 1 unspecified atom stereocenters. The first-order valence-electron chi connectivity index (χ1n) is 4.38. The molecule has 3 N–H and O–H groups in total. The van der Waals surface area contributed by atoms with Gasteiger partial charge in [-0.25, -0.2) is 0 Å². The third-order valence-corrected chi connectivity index (χ3v) is 1.97. The summed E-state index contributed by atoms with van der Waals surface area (Å²) >= 11 is 0. The van der Waals surface area contributed by atoms with E-state index in [0.29, 0.717) is 25.7 Å². The zero-order valence-electron chi connectivity index (χ0n) is 7.21. The Morgan fingerprint density at radius 1 is 1.67 bits per heavy atom. The lowest BCUT2D eigenvalue weighted by molar-refractivity contribution is -0.119. The van der Waals surface area contributed by atoms with Crippen molar-refractivity contribution in [1.82, 2.24) is 5.32 Å². The third kappa shape index (κ3) is 3.69. The fraction of sp³-hybridized carbons (Fsp3) is 0.875. The van der Waals surface area contributed by atoms with Crippen LogP contribution in [0.15, 0.2) is 0 Å². The first kappa shape index (κ1) is 9.48. The van der Waals surface area contributed by atoms with Gasteiger partial charge < -0.3 is 15.8 Å². The van der Waals surface area contributed by atoms with Gasteiger partial charge in [0.05, 0.1) is 13.2 Å². The number of ether oxygens (including phenoxy) is 1. The van der Waals surface area contributed by atoms with Crippen molar-refractivity contribution >= 4 is 5.91 Å². The zero-order valence-corrected chi connectivity index (χ0v) is 7.21. The molecule has 1 aliphatic rings. The minimum absolute atomic E-state index is 0.297. The average Bonchev–Trinajstić information content (AvgIpc) is 2.49. The van der Waals surface area contributed by atoms with Crippen LogP contribution in [0.3, 0.4) is 0 Å². The molecular weight excluding hydrogens is 156 g/mol. The lowest BCUT2D eigenvalue weighted by Gasteiger charge is -2.09. The minimum atomic E-state index is -0.297. The van der Waals surface area contributed by atoms with Crippen molar-refractivity contribution in [2.24, 2.45) is 5.73 Å². The number of carbonyl (C=O) groups is 1. The molecule has 0 saturated carbocycles. The third-order valence-electron chi connectivity index (χ3n) is 1.97. The van der Waals surface area contributed by atoms with Crippen LogP contribution in [0.25, 0.3) is 0 Å². The van der Waals surface area contributed by atoms with E-state index < -0.39 is 0 Å². The summed E-state index contributed by atoms with van der Waals surface area (Å²) in [7, 11) is 0. The van der Waals surface area contributed by atoms with E-state index in [1.165, 1.54) is 12.8 Å². The van der Waals surface area contributed by atoms with Crippen LogP contribution < -0.4 is 11.1 Å². The summed E-state index contributed by atoms with van der Waals surface area (Å²) in [5.74, 6) is -0.297. The van der Waals surface area contributed by atoms with Crippen LogP contribution in [0, 0.1) is 0 Å². The average molecular weight is 172 g/mol. The molecule has 0 bridgehead atoms. The van der Waals surface area contributed by atoms with Gasteiger partial charge in [-0.3, -0.25) is 4.79 Å². The molecule has 4 heteroatoms. The largest absolute Gasteiger partial charge is 0.379 e. The molecule has 1 amide bonds. The summed E-state index contributed by atoms with van der Waals surface area (Å²) in [6.07, 6.45) is 2.73. The van der Waals surface area contributed by atoms with Crippen molar-refractivity contribution in [2.45, 2.75) is 25.3 Å². The van der Waals surface area contributed by atoms with Gasteiger partial charge in [0.15, 0.2) is 0 Å². The molecule has 1 aliphatic heterocycles. The van der Waals surface area contributed by atoms with Gasteiger partial charge in [0.1, 0.15) is 0 Å². The number of carbonyl (C=O) groups excluding carboxylic acids is 1. The highest BCUT2D eigenvalue weighted by molar-refractivity contribution is 5.73. The van der Waals surface area contributed by atoms with Crippen LogP contribution in [0.4, 0.5) is 0 Å². The highest BCUT2D eigenvalue weighted by Crippen LogP contribution is 2.04. The van der Waals surface area contributed by atoms with Crippen LogP contribution in [0.5, 0.6) is 0 Å². The van der Waals surface area contributed by atoms with Gasteiger partial charge in [0.25, 0.3) is 0 Å². The van der Waals surface area contributed by atoms with E-state index >= 15 is 0 Å². The van der Waals surface area contributed by atoms with E-state index in [2.05, 4.69) is 5.32 Å². The fourth-order valence-corrected chi connectivity index (χ4v) is 1.30. The molecule has 0 aliphatic carbocycles. The molecule has 0 aromatic heterocycles. The molecule has 1 saturated heterocycles. The lowest BCUT2D eigenvalue weighted by atomic mass is 10.2. The van der Waals surface area contributed by atoms with Gasteiger partial charge in [-0.2, -0.15) is 0 Å². The van der Waals surface area contributed by atoms with Crippen molar-refractivity contribution in [2.75, 3.05) is 19.8 Å². The predicted octanol–water partition coefficient (Wildman–Crippen LogP) is -0.370. The summed E-state index contributed by atoms with van der Waals surface area (Å²) in [4.78, 5) is 10.3. The van der Waals surface area contributed by atoms with Crippen molar-refractivity contribution < 1.29 is 9.53 Å². The van der Waals surface area contributed by atoms with Crippen molar-refractivity contribution in [1.29, 1.82) is 0 Å². The fourth-order valence-electron chi connectivity index (χ4n) is 1.30. The molecule has 1 atom stereocenters. The van der Waals surface area contributed by atoms with Gasteiger partial charge >= 0.3 is 0 Å². The van der Waals surface area contributed by atoms with Crippen molar-refractivity contribution in [3.05, 3.63) is 0 Å². The predicted molar refractivity (Wildman–Crippen MR) is 45.7 cm³/mol. The highest BCUT2D eigenvalue weighted by Gasteiger charge is 2.13. The number of rotatable bonds is 5. The molecule has 1 fully saturated rings. The lowest BCUT2D eigenvalue weighted by Crippen LogP contribution is -2.27. The molecule has 1 heterocycles. The molecule has 70 valence electrons. The topological polar surface area (TPSA) is 64.4 Å². The van der Waals surface area contributed by atoms with Crippen LogP contribution in [0.2, 0.25) is 0 Å². The van der Waals surface area contributed by atoms with E-state index in [-0.39, 0.29) is 5.91 Å². The summed E-state index contributed by atoms with van der Waals surface area (Å²) in [5.41, 5.74) is 4.95. The van der Waals surface area contributed by atoms with Crippen LogP contribution in [-0.2, 0) is 9.53 Å². The number of nitrogens with one attached hydrogen (secondary N) is 1. The monoisotopic (exact) mass is 172 g/mol. The summed E-state index contributed by atoms with van der Waals surface area (Å²) in [6.45, 7) is 2.24. The van der Waals surface area contributed by atoms with Gasteiger partial charge in [-0.1, -0.05) is 0 Å². The second kappa shape index (κ2) is 5.11. The van der Waals surface area contributed by atoms with Gasteiger partial charge in [-0.05, 0) is 19.4 Å². The van der Waals surface area contributed by atoms with Gasteiger partial charge in [0, 0.05) is 12.5 Å². The number of hydrogen-bond acceptors (Lipinski definition) is 3. The Balaban J connectivity index is 1.91. The maximum atomic E-state index is 10.3. The summed E-state index contributed by atoms with van der Waals surface area (Å²) in [5, 5.41) is 3.30. The Hall–Kier alpha value is -0.610. The van der Waals surface area contributed by atoms with Crippen LogP contribution in [-0.4, -0.2) is 31.7 Å². The Morgan fingerprint density at radius 2 is 2.50 bits per heavy atom. The van der Waals surface area contributed by atoms with Gasteiger partial charge in [-0.15, -0.1) is 0 Å². The number of nitrogens with two attached hydrogens (primary N) is 1. The molecule has 1 rings (SSSR count). The number of hydrogen-bond donors (Lipinski definition) is 2. The minimum Gasteiger partial charge on any atom is -0.379 e. The van der Waals surface area contributed by atoms with E-state index in [1.54, 1.807) is 0 Å². The quantitative estimate of drug-likeness (QED) is 0.556. The Kier molecular flexibility index (Phi) is 4.04. The molecule has 4 nitrogen and oxygen atoms in total.